The van der Waals surface area contributed by atoms with E-state index in [0.717, 1.165) is 32.1 Å². The molecular formula is C16H24O3. The van der Waals surface area contributed by atoms with Crippen LogP contribution in [-0.2, 0) is 14.3 Å². The van der Waals surface area contributed by atoms with Gasteiger partial charge in [-0.05, 0) is 50.9 Å². The Labute approximate surface area is 115 Å². The van der Waals surface area contributed by atoms with Gasteiger partial charge in [0.2, 0.25) is 0 Å². The van der Waals surface area contributed by atoms with Crippen LogP contribution in [0.3, 0.4) is 0 Å². The second-order valence-electron chi connectivity index (χ2n) is 6.04. The summed E-state index contributed by atoms with van der Waals surface area (Å²) in [6, 6.07) is 0. The van der Waals surface area contributed by atoms with Crippen molar-refractivity contribution in [1.29, 1.82) is 0 Å². The highest BCUT2D eigenvalue weighted by Gasteiger charge is 2.63. The first-order chi connectivity index (χ1) is 9.01. The highest BCUT2D eigenvalue weighted by Crippen LogP contribution is 2.66. The van der Waals surface area contributed by atoms with E-state index in [1.807, 2.05) is 13.0 Å². The number of esters is 1. The summed E-state index contributed by atoms with van der Waals surface area (Å²) < 4.78 is 4.95. The van der Waals surface area contributed by atoms with Gasteiger partial charge in [-0.1, -0.05) is 13.0 Å². The smallest absolute Gasteiger partial charge is 0.333 e. The highest BCUT2D eigenvalue weighted by atomic mass is 16.5. The number of ketones is 1. The van der Waals surface area contributed by atoms with Crippen LogP contribution in [-0.4, -0.2) is 18.4 Å². The fourth-order valence-electron chi connectivity index (χ4n) is 3.52. The van der Waals surface area contributed by atoms with Gasteiger partial charge in [0.05, 0.1) is 6.61 Å². The topological polar surface area (TPSA) is 43.4 Å². The van der Waals surface area contributed by atoms with E-state index in [-0.39, 0.29) is 5.97 Å². The van der Waals surface area contributed by atoms with E-state index in [1.54, 1.807) is 6.92 Å². The molecule has 3 nitrogen and oxygen atoms in total. The van der Waals surface area contributed by atoms with E-state index in [0.29, 0.717) is 35.2 Å². The Morgan fingerprint density at radius 1 is 1.58 bits per heavy atom. The quantitative estimate of drug-likeness (QED) is 0.546. The molecule has 0 bridgehead atoms. The SMILES string of the molecule is CCOC(=O)/C(C)=C\CC[C@@H](C)C12CCC(=O)C1C2. The van der Waals surface area contributed by atoms with Crippen LogP contribution >= 0.6 is 0 Å². The van der Waals surface area contributed by atoms with Gasteiger partial charge in [-0.2, -0.15) is 0 Å². The minimum Gasteiger partial charge on any atom is -0.463 e. The van der Waals surface area contributed by atoms with E-state index < -0.39 is 0 Å². The van der Waals surface area contributed by atoms with Crippen molar-refractivity contribution in [2.24, 2.45) is 17.3 Å². The van der Waals surface area contributed by atoms with Crippen LogP contribution in [0.4, 0.5) is 0 Å². The first kappa shape index (κ1) is 14.3. The van der Waals surface area contributed by atoms with Crippen molar-refractivity contribution in [3.05, 3.63) is 11.6 Å². The maximum atomic E-state index is 11.6. The van der Waals surface area contributed by atoms with E-state index in [4.69, 9.17) is 4.74 Å². The summed E-state index contributed by atoms with van der Waals surface area (Å²) in [5.74, 6) is 1.20. The Morgan fingerprint density at radius 3 is 2.84 bits per heavy atom. The number of allylic oxidation sites excluding steroid dienone is 1. The van der Waals surface area contributed by atoms with Crippen molar-refractivity contribution in [2.75, 3.05) is 6.61 Å². The molecule has 0 amide bonds. The van der Waals surface area contributed by atoms with Crippen molar-refractivity contribution in [3.8, 4) is 0 Å². The molecule has 2 saturated carbocycles. The lowest BCUT2D eigenvalue weighted by Gasteiger charge is -2.20. The average Bonchev–Trinajstić information content (AvgIpc) is 3.04. The van der Waals surface area contributed by atoms with Gasteiger partial charge in [-0.15, -0.1) is 0 Å². The molecule has 3 atom stereocenters. The lowest BCUT2D eigenvalue weighted by atomic mass is 9.85. The standard InChI is InChI=1S/C16H24O3/c1-4-19-15(18)11(2)6-5-7-12(3)16-9-8-14(17)13(16)10-16/h6,12-13H,4-5,7-10H2,1-3H3/b11-6-/t12-,13?,16?/m1/s1. The van der Waals surface area contributed by atoms with Gasteiger partial charge in [-0.3, -0.25) is 4.79 Å². The molecule has 106 valence electrons. The molecule has 2 unspecified atom stereocenters. The molecule has 2 rings (SSSR count). The largest absolute Gasteiger partial charge is 0.463 e. The zero-order chi connectivity index (χ0) is 14.0. The normalized spacial score (nSPS) is 31.0. The van der Waals surface area contributed by atoms with Crippen molar-refractivity contribution >= 4 is 11.8 Å². The third-order valence-electron chi connectivity index (χ3n) is 4.97. The van der Waals surface area contributed by atoms with Crippen LogP contribution in [0.1, 0.15) is 52.9 Å². The molecule has 0 saturated heterocycles. The Bertz CT molecular complexity index is 410. The number of carbonyl (C=O) groups is 2. The summed E-state index contributed by atoms with van der Waals surface area (Å²) in [5.41, 5.74) is 1.02. The summed E-state index contributed by atoms with van der Waals surface area (Å²) in [6.07, 6.45) is 6.90. The van der Waals surface area contributed by atoms with Gasteiger partial charge in [-0.25, -0.2) is 4.79 Å². The molecule has 19 heavy (non-hydrogen) atoms. The first-order valence-corrected chi connectivity index (χ1v) is 7.38. The van der Waals surface area contributed by atoms with E-state index >= 15 is 0 Å². The van der Waals surface area contributed by atoms with Gasteiger partial charge in [0.25, 0.3) is 0 Å². The van der Waals surface area contributed by atoms with Crippen LogP contribution in [0.25, 0.3) is 0 Å². The third-order valence-corrected chi connectivity index (χ3v) is 4.97. The molecule has 3 heteroatoms. The maximum Gasteiger partial charge on any atom is 0.333 e. The van der Waals surface area contributed by atoms with Crippen molar-refractivity contribution in [1.82, 2.24) is 0 Å². The maximum absolute atomic E-state index is 11.6. The van der Waals surface area contributed by atoms with Gasteiger partial charge in [0.1, 0.15) is 5.78 Å². The molecule has 0 aromatic rings. The summed E-state index contributed by atoms with van der Waals surface area (Å²) in [5, 5.41) is 0. The van der Waals surface area contributed by atoms with Gasteiger partial charge >= 0.3 is 5.97 Å². The molecule has 2 aliphatic rings. The average molecular weight is 264 g/mol. The van der Waals surface area contributed by atoms with Crippen molar-refractivity contribution in [2.45, 2.75) is 52.9 Å². The second-order valence-corrected chi connectivity index (χ2v) is 6.04. The lowest BCUT2D eigenvalue weighted by molar-refractivity contribution is -0.138. The third kappa shape index (κ3) is 2.75. The monoisotopic (exact) mass is 264 g/mol. The summed E-state index contributed by atoms with van der Waals surface area (Å²) in [7, 11) is 0. The fourth-order valence-corrected chi connectivity index (χ4v) is 3.52. The number of hydrogen-bond acceptors (Lipinski definition) is 3. The summed E-state index contributed by atoms with van der Waals surface area (Å²) >= 11 is 0. The molecule has 2 fully saturated rings. The minimum atomic E-state index is -0.214. The van der Waals surface area contributed by atoms with E-state index in [2.05, 4.69) is 6.92 Å². The molecule has 2 aliphatic carbocycles. The number of Topliss-reactive ketones (excluding diaryl/α,β-unsaturated/α-hetero) is 1. The predicted molar refractivity (Wildman–Crippen MR) is 73.6 cm³/mol. The Balaban J connectivity index is 1.79. The number of hydrogen-bond donors (Lipinski definition) is 0. The van der Waals surface area contributed by atoms with Crippen molar-refractivity contribution < 1.29 is 14.3 Å². The fraction of sp³-hybridized carbons (Fsp3) is 0.750. The lowest BCUT2D eigenvalue weighted by Crippen LogP contribution is -2.12. The minimum absolute atomic E-state index is 0.214. The van der Waals surface area contributed by atoms with Gasteiger partial charge in [0, 0.05) is 17.9 Å². The van der Waals surface area contributed by atoms with Crippen LogP contribution in [0.15, 0.2) is 11.6 Å². The Morgan fingerprint density at radius 2 is 2.32 bits per heavy atom. The molecule has 0 radical (unpaired) electrons. The van der Waals surface area contributed by atoms with Gasteiger partial charge in [0.15, 0.2) is 0 Å². The predicted octanol–water partition coefficient (Wildman–Crippen LogP) is 3.28. The van der Waals surface area contributed by atoms with Crippen LogP contribution < -0.4 is 0 Å². The van der Waals surface area contributed by atoms with Crippen LogP contribution in [0, 0.1) is 17.3 Å². The van der Waals surface area contributed by atoms with Gasteiger partial charge < -0.3 is 4.74 Å². The zero-order valence-corrected chi connectivity index (χ0v) is 12.2. The van der Waals surface area contributed by atoms with E-state index in [9.17, 15) is 9.59 Å². The molecule has 0 aromatic heterocycles. The summed E-state index contributed by atoms with van der Waals surface area (Å²) in [4.78, 5) is 23.0. The zero-order valence-electron chi connectivity index (χ0n) is 12.2. The van der Waals surface area contributed by atoms with Crippen molar-refractivity contribution in [3.63, 3.8) is 0 Å². The second kappa shape index (κ2) is 5.48. The number of rotatable bonds is 6. The number of carbonyl (C=O) groups excluding carboxylic acids is 2. The summed E-state index contributed by atoms with van der Waals surface area (Å²) in [6.45, 7) is 6.30. The Kier molecular flexibility index (Phi) is 4.12. The molecule has 0 aliphatic heterocycles. The first-order valence-electron chi connectivity index (χ1n) is 7.38. The van der Waals surface area contributed by atoms with Crippen LogP contribution in [0.5, 0.6) is 0 Å². The Hall–Kier alpha value is -1.12. The molecule has 0 heterocycles. The number of fused-ring (bicyclic) bond motifs is 1. The molecule has 0 aromatic carbocycles. The molecule has 0 N–H and O–H groups in total. The number of ether oxygens (including phenoxy) is 1. The molecular weight excluding hydrogens is 240 g/mol. The van der Waals surface area contributed by atoms with Crippen LogP contribution in [0.2, 0.25) is 0 Å². The highest BCUT2D eigenvalue weighted by molar-refractivity contribution is 5.88. The molecule has 0 spiro atoms. The van der Waals surface area contributed by atoms with E-state index in [1.165, 1.54) is 0 Å².